The molecular formula is C7H3F4NO2. The summed E-state index contributed by atoms with van der Waals surface area (Å²) in [6.07, 6.45) is -4.93. The van der Waals surface area contributed by atoms with Gasteiger partial charge in [0.1, 0.15) is 5.56 Å². The van der Waals surface area contributed by atoms with Gasteiger partial charge in [0.15, 0.2) is 0 Å². The molecule has 76 valence electrons. The van der Waals surface area contributed by atoms with Gasteiger partial charge in [-0.2, -0.15) is 17.6 Å². The molecule has 0 aliphatic heterocycles. The zero-order chi connectivity index (χ0) is 10.9. The lowest BCUT2D eigenvalue weighted by Gasteiger charge is -2.06. The lowest BCUT2D eigenvalue weighted by Crippen LogP contribution is -2.10. The van der Waals surface area contributed by atoms with Crippen molar-refractivity contribution in [2.24, 2.45) is 0 Å². The van der Waals surface area contributed by atoms with Crippen LogP contribution in [0.2, 0.25) is 0 Å². The number of alkyl halides is 3. The Balaban J connectivity index is 3.44. The third kappa shape index (κ3) is 1.81. The quantitative estimate of drug-likeness (QED) is 0.405. The van der Waals surface area contributed by atoms with Gasteiger partial charge in [-0.25, -0.2) is 0 Å². The lowest BCUT2D eigenvalue weighted by atomic mass is 10.1. The molecule has 0 atom stereocenters. The van der Waals surface area contributed by atoms with Crippen molar-refractivity contribution in [2.75, 3.05) is 0 Å². The molecule has 0 aliphatic rings. The number of rotatable bonds is 1. The first-order valence-electron chi connectivity index (χ1n) is 3.34. The van der Waals surface area contributed by atoms with Crippen LogP contribution >= 0.6 is 0 Å². The average Bonchev–Trinajstić information content (AvgIpc) is 2.01. The Labute approximate surface area is 75.1 Å². The van der Waals surface area contributed by atoms with Crippen LogP contribution < -0.4 is 0 Å². The largest absolute Gasteiger partial charge is 0.423 e. The second-order valence-corrected chi connectivity index (χ2v) is 2.39. The van der Waals surface area contributed by atoms with Crippen molar-refractivity contribution in [2.45, 2.75) is 6.18 Å². The average molecular weight is 209 g/mol. The molecule has 0 aliphatic carbocycles. The number of para-hydroxylation sites is 1. The first-order valence-corrected chi connectivity index (χ1v) is 3.34. The van der Waals surface area contributed by atoms with Gasteiger partial charge in [0.25, 0.3) is 0 Å². The van der Waals surface area contributed by atoms with Crippen molar-refractivity contribution < 1.29 is 22.5 Å². The molecule has 0 bridgehead atoms. The number of hydrogen-bond acceptors (Lipinski definition) is 2. The smallest absolute Gasteiger partial charge is 0.258 e. The summed E-state index contributed by atoms with van der Waals surface area (Å²) in [6.45, 7) is 0. The van der Waals surface area contributed by atoms with Crippen LogP contribution in [0.25, 0.3) is 0 Å². The standard InChI is InChI=1S/C7H3F4NO2/c8-5-3-1-2-4(7(9,10)11)6(5)12(13)14/h1-3H. The summed E-state index contributed by atoms with van der Waals surface area (Å²) in [5.74, 6) is -1.50. The summed E-state index contributed by atoms with van der Waals surface area (Å²) in [7, 11) is 0. The SMILES string of the molecule is O=[N+]([O-])c1c(F)cccc1C(F)(F)F. The van der Waals surface area contributed by atoms with Crippen molar-refractivity contribution in [1.29, 1.82) is 0 Å². The molecule has 0 fully saturated rings. The van der Waals surface area contributed by atoms with Crippen LogP contribution in [0.3, 0.4) is 0 Å². The van der Waals surface area contributed by atoms with Gasteiger partial charge >= 0.3 is 11.9 Å². The minimum atomic E-state index is -4.93. The molecule has 0 radical (unpaired) electrons. The van der Waals surface area contributed by atoms with Crippen molar-refractivity contribution >= 4 is 5.69 Å². The molecular weight excluding hydrogens is 206 g/mol. The molecule has 0 unspecified atom stereocenters. The van der Waals surface area contributed by atoms with Crippen LogP contribution in [-0.2, 0) is 6.18 Å². The van der Waals surface area contributed by atoms with E-state index in [1.807, 2.05) is 0 Å². The molecule has 3 nitrogen and oxygen atoms in total. The van der Waals surface area contributed by atoms with E-state index in [4.69, 9.17) is 0 Å². The number of hydrogen-bond donors (Lipinski definition) is 0. The fraction of sp³-hybridized carbons (Fsp3) is 0.143. The van der Waals surface area contributed by atoms with Crippen LogP contribution in [-0.4, -0.2) is 4.92 Å². The van der Waals surface area contributed by atoms with E-state index in [2.05, 4.69) is 0 Å². The zero-order valence-electron chi connectivity index (χ0n) is 6.51. The maximum absolute atomic E-state index is 12.7. The molecule has 0 spiro atoms. The maximum atomic E-state index is 12.7. The summed E-state index contributed by atoms with van der Waals surface area (Å²) >= 11 is 0. The molecule has 0 N–H and O–H groups in total. The van der Waals surface area contributed by atoms with Gasteiger partial charge in [-0.05, 0) is 12.1 Å². The topological polar surface area (TPSA) is 43.1 Å². The summed E-state index contributed by atoms with van der Waals surface area (Å²) in [5.41, 5.74) is -3.12. The van der Waals surface area contributed by atoms with E-state index in [0.29, 0.717) is 12.1 Å². The Hall–Kier alpha value is -1.66. The summed E-state index contributed by atoms with van der Waals surface area (Å²) in [4.78, 5) is 8.76. The minimum absolute atomic E-state index is 0.460. The highest BCUT2D eigenvalue weighted by atomic mass is 19.4. The van der Waals surface area contributed by atoms with Crippen LogP contribution in [0.1, 0.15) is 5.56 Å². The molecule has 7 heteroatoms. The monoisotopic (exact) mass is 209 g/mol. The highest BCUT2D eigenvalue weighted by molar-refractivity contribution is 5.43. The van der Waals surface area contributed by atoms with Crippen LogP contribution in [0.4, 0.5) is 23.2 Å². The highest BCUT2D eigenvalue weighted by Crippen LogP contribution is 2.36. The summed E-state index contributed by atoms with van der Waals surface area (Å²) < 4.78 is 49.0. The van der Waals surface area contributed by atoms with Crippen LogP contribution in [0.15, 0.2) is 18.2 Å². The van der Waals surface area contributed by atoms with Gasteiger partial charge < -0.3 is 0 Å². The van der Waals surface area contributed by atoms with Crippen molar-refractivity contribution in [3.8, 4) is 0 Å². The first-order chi connectivity index (χ1) is 6.34. The maximum Gasteiger partial charge on any atom is 0.423 e. The zero-order valence-corrected chi connectivity index (χ0v) is 6.51. The van der Waals surface area contributed by atoms with Crippen LogP contribution in [0.5, 0.6) is 0 Å². The fourth-order valence-corrected chi connectivity index (χ4v) is 0.930. The van der Waals surface area contributed by atoms with Gasteiger partial charge in [-0.1, -0.05) is 6.07 Å². The predicted octanol–water partition coefficient (Wildman–Crippen LogP) is 2.75. The molecule has 0 aromatic heterocycles. The molecule has 0 heterocycles. The summed E-state index contributed by atoms with van der Waals surface area (Å²) in [5, 5.41) is 10.2. The lowest BCUT2D eigenvalue weighted by molar-refractivity contribution is -0.390. The van der Waals surface area contributed by atoms with Gasteiger partial charge in [-0.15, -0.1) is 0 Å². The van der Waals surface area contributed by atoms with Gasteiger partial charge in [0, 0.05) is 0 Å². The Morgan fingerprint density at radius 3 is 2.21 bits per heavy atom. The van der Waals surface area contributed by atoms with E-state index < -0.39 is 28.2 Å². The summed E-state index contributed by atoms with van der Waals surface area (Å²) in [6, 6.07) is 1.83. The first kappa shape index (κ1) is 10.4. The van der Waals surface area contributed by atoms with Gasteiger partial charge in [0.2, 0.25) is 5.82 Å². The van der Waals surface area contributed by atoms with Crippen molar-refractivity contribution in [1.82, 2.24) is 0 Å². The Kier molecular flexibility index (Phi) is 2.41. The molecule has 0 saturated heterocycles. The van der Waals surface area contributed by atoms with E-state index in [-0.39, 0.29) is 0 Å². The van der Waals surface area contributed by atoms with Crippen molar-refractivity contribution in [3.63, 3.8) is 0 Å². The molecule has 0 saturated carbocycles. The molecule has 1 rings (SSSR count). The molecule has 1 aromatic carbocycles. The molecule has 1 aromatic rings. The number of nitrogens with zero attached hydrogens (tertiary/aromatic N) is 1. The number of nitro groups is 1. The highest BCUT2D eigenvalue weighted by Gasteiger charge is 2.39. The van der Waals surface area contributed by atoms with E-state index in [9.17, 15) is 27.7 Å². The molecule has 14 heavy (non-hydrogen) atoms. The Morgan fingerprint density at radius 1 is 1.29 bits per heavy atom. The number of benzene rings is 1. The second kappa shape index (κ2) is 3.24. The van der Waals surface area contributed by atoms with Gasteiger partial charge in [0.05, 0.1) is 4.92 Å². The second-order valence-electron chi connectivity index (χ2n) is 2.39. The third-order valence-corrected chi connectivity index (χ3v) is 1.47. The van der Waals surface area contributed by atoms with Gasteiger partial charge in [-0.3, -0.25) is 10.1 Å². The normalized spacial score (nSPS) is 11.4. The fourth-order valence-electron chi connectivity index (χ4n) is 0.930. The van der Waals surface area contributed by atoms with E-state index >= 15 is 0 Å². The number of nitro benzene ring substituents is 1. The number of halogens is 4. The van der Waals surface area contributed by atoms with E-state index in [0.717, 1.165) is 6.07 Å². The Morgan fingerprint density at radius 2 is 1.86 bits per heavy atom. The van der Waals surface area contributed by atoms with E-state index in [1.54, 1.807) is 0 Å². The predicted molar refractivity (Wildman–Crippen MR) is 38.1 cm³/mol. The Bertz CT molecular complexity index is 374. The van der Waals surface area contributed by atoms with E-state index in [1.165, 1.54) is 0 Å². The minimum Gasteiger partial charge on any atom is -0.258 e. The third-order valence-electron chi connectivity index (χ3n) is 1.47. The van der Waals surface area contributed by atoms with Crippen molar-refractivity contribution in [3.05, 3.63) is 39.7 Å². The molecule has 0 amide bonds. The van der Waals surface area contributed by atoms with Crippen LogP contribution in [0, 0.1) is 15.9 Å².